The molecule has 0 fully saturated rings. The maximum atomic E-state index is 11.0. The summed E-state index contributed by atoms with van der Waals surface area (Å²) in [4.78, 5) is -0.303. The van der Waals surface area contributed by atoms with Crippen LogP contribution in [0.25, 0.3) is 0 Å². The zero-order chi connectivity index (χ0) is 13.2. The molecule has 0 aromatic heterocycles. The molecule has 0 aliphatic carbocycles. The number of hydrogen-bond donors (Lipinski definition) is 2. The standard InChI is InChI=1S/C12H10ClNO3S/c13-11-8-10(6-7-12(11)18(15,16)17)14-9-4-2-1-3-5-9/h1-8,14H,(H,15,16,17). The Balaban J connectivity index is 2.30. The Morgan fingerprint density at radius 3 is 2.22 bits per heavy atom. The Morgan fingerprint density at radius 2 is 1.67 bits per heavy atom. The van der Waals surface area contributed by atoms with Gasteiger partial charge in [0.2, 0.25) is 0 Å². The molecule has 2 rings (SSSR count). The van der Waals surface area contributed by atoms with Gasteiger partial charge < -0.3 is 5.32 Å². The van der Waals surface area contributed by atoms with Crippen LogP contribution < -0.4 is 5.32 Å². The van der Waals surface area contributed by atoms with E-state index in [1.807, 2.05) is 30.3 Å². The summed E-state index contributed by atoms with van der Waals surface area (Å²) in [6, 6.07) is 13.6. The highest BCUT2D eigenvalue weighted by Gasteiger charge is 2.14. The highest BCUT2D eigenvalue weighted by atomic mass is 35.5. The smallest absolute Gasteiger partial charge is 0.296 e. The van der Waals surface area contributed by atoms with E-state index in [9.17, 15) is 8.42 Å². The Morgan fingerprint density at radius 1 is 1.00 bits per heavy atom. The lowest BCUT2D eigenvalue weighted by Gasteiger charge is -2.08. The molecule has 0 atom stereocenters. The van der Waals surface area contributed by atoms with Crippen molar-refractivity contribution in [1.29, 1.82) is 0 Å². The van der Waals surface area contributed by atoms with Gasteiger partial charge in [-0.25, -0.2) is 0 Å². The Kier molecular flexibility index (Phi) is 3.56. The number of hydrogen-bond acceptors (Lipinski definition) is 3. The fraction of sp³-hybridized carbons (Fsp3) is 0. The molecular weight excluding hydrogens is 274 g/mol. The average molecular weight is 284 g/mol. The van der Waals surface area contributed by atoms with Crippen molar-refractivity contribution in [1.82, 2.24) is 0 Å². The Hall–Kier alpha value is -1.56. The van der Waals surface area contributed by atoms with Gasteiger partial charge in [-0.3, -0.25) is 4.55 Å². The molecule has 0 saturated heterocycles. The normalized spacial score (nSPS) is 11.2. The van der Waals surface area contributed by atoms with E-state index in [1.165, 1.54) is 18.2 Å². The molecule has 0 heterocycles. The van der Waals surface area contributed by atoms with Gasteiger partial charge in [0, 0.05) is 11.4 Å². The summed E-state index contributed by atoms with van der Waals surface area (Å²) < 4.78 is 30.9. The number of anilines is 2. The highest BCUT2D eigenvalue weighted by molar-refractivity contribution is 7.86. The number of benzene rings is 2. The number of nitrogens with one attached hydrogen (secondary N) is 1. The van der Waals surface area contributed by atoms with Crippen molar-refractivity contribution in [2.75, 3.05) is 5.32 Å². The van der Waals surface area contributed by atoms with Crippen LogP contribution >= 0.6 is 11.6 Å². The molecule has 0 aliphatic rings. The minimum absolute atomic E-state index is 0.0292. The predicted molar refractivity (Wildman–Crippen MR) is 71.0 cm³/mol. The number of halogens is 1. The van der Waals surface area contributed by atoms with Crippen molar-refractivity contribution in [2.24, 2.45) is 0 Å². The molecule has 0 saturated carbocycles. The molecule has 0 bridgehead atoms. The monoisotopic (exact) mass is 283 g/mol. The van der Waals surface area contributed by atoms with Gasteiger partial charge in [-0.2, -0.15) is 8.42 Å². The second-order valence-electron chi connectivity index (χ2n) is 3.61. The van der Waals surface area contributed by atoms with Gasteiger partial charge in [0.25, 0.3) is 10.1 Å². The molecule has 0 radical (unpaired) electrons. The second-order valence-corrected chi connectivity index (χ2v) is 5.41. The van der Waals surface area contributed by atoms with Crippen molar-refractivity contribution in [2.45, 2.75) is 4.90 Å². The van der Waals surface area contributed by atoms with Crippen LogP contribution in [0.4, 0.5) is 11.4 Å². The maximum absolute atomic E-state index is 11.0. The van der Waals surface area contributed by atoms with E-state index in [1.54, 1.807) is 0 Å². The lowest BCUT2D eigenvalue weighted by Crippen LogP contribution is -1.99. The zero-order valence-corrected chi connectivity index (χ0v) is 10.7. The van der Waals surface area contributed by atoms with Crippen LogP contribution in [0.1, 0.15) is 0 Å². The van der Waals surface area contributed by atoms with Crippen molar-refractivity contribution in [3.05, 3.63) is 53.6 Å². The van der Waals surface area contributed by atoms with Crippen molar-refractivity contribution < 1.29 is 13.0 Å². The summed E-state index contributed by atoms with van der Waals surface area (Å²) in [6.07, 6.45) is 0. The molecule has 6 heteroatoms. The first-order valence-corrected chi connectivity index (χ1v) is 6.88. The molecule has 0 spiro atoms. The summed E-state index contributed by atoms with van der Waals surface area (Å²) in [5.41, 5.74) is 1.49. The van der Waals surface area contributed by atoms with Crippen LogP contribution in [0.5, 0.6) is 0 Å². The Labute approximate surface area is 110 Å². The van der Waals surface area contributed by atoms with Gasteiger partial charge in [0.15, 0.2) is 0 Å². The van der Waals surface area contributed by atoms with Crippen molar-refractivity contribution >= 4 is 33.1 Å². The molecule has 0 unspecified atom stereocenters. The number of para-hydroxylation sites is 1. The average Bonchev–Trinajstić information content (AvgIpc) is 2.28. The minimum Gasteiger partial charge on any atom is -0.355 e. The third kappa shape index (κ3) is 3.01. The molecule has 94 valence electrons. The molecule has 0 aliphatic heterocycles. The highest BCUT2D eigenvalue weighted by Crippen LogP contribution is 2.26. The van der Waals surface area contributed by atoms with Gasteiger partial charge in [0.05, 0.1) is 5.02 Å². The predicted octanol–water partition coefficient (Wildman–Crippen LogP) is 3.33. The first-order valence-electron chi connectivity index (χ1n) is 5.06. The quantitative estimate of drug-likeness (QED) is 0.848. The van der Waals surface area contributed by atoms with Crippen molar-refractivity contribution in [3.8, 4) is 0 Å². The third-order valence-electron chi connectivity index (χ3n) is 2.27. The van der Waals surface area contributed by atoms with Crippen LogP contribution in [0, 0.1) is 0 Å². The third-order valence-corrected chi connectivity index (χ3v) is 3.61. The molecule has 0 amide bonds. The second kappa shape index (κ2) is 4.97. The van der Waals surface area contributed by atoms with Gasteiger partial charge >= 0.3 is 0 Å². The van der Waals surface area contributed by atoms with Crippen LogP contribution in [-0.2, 0) is 10.1 Å². The maximum Gasteiger partial charge on any atom is 0.296 e. The van der Waals surface area contributed by atoms with E-state index in [0.29, 0.717) is 5.69 Å². The van der Waals surface area contributed by atoms with E-state index >= 15 is 0 Å². The van der Waals surface area contributed by atoms with Crippen molar-refractivity contribution in [3.63, 3.8) is 0 Å². The molecule has 2 aromatic carbocycles. The molecule has 18 heavy (non-hydrogen) atoms. The van der Waals surface area contributed by atoms with Crippen LogP contribution in [-0.4, -0.2) is 13.0 Å². The number of rotatable bonds is 3. The van der Waals surface area contributed by atoms with Crippen LogP contribution in [0.2, 0.25) is 5.02 Å². The topological polar surface area (TPSA) is 66.4 Å². The largest absolute Gasteiger partial charge is 0.355 e. The SMILES string of the molecule is O=S(=O)(O)c1ccc(Nc2ccccc2)cc1Cl. The van der Waals surface area contributed by atoms with E-state index < -0.39 is 10.1 Å². The van der Waals surface area contributed by atoms with Crippen LogP contribution in [0.3, 0.4) is 0 Å². The first-order chi connectivity index (χ1) is 8.47. The summed E-state index contributed by atoms with van der Waals surface area (Å²) in [5, 5.41) is 3.03. The minimum atomic E-state index is -4.28. The van der Waals surface area contributed by atoms with Gasteiger partial charge in [0.1, 0.15) is 4.90 Å². The lowest BCUT2D eigenvalue weighted by atomic mass is 10.3. The van der Waals surface area contributed by atoms with Gasteiger partial charge in [-0.1, -0.05) is 29.8 Å². The van der Waals surface area contributed by atoms with Gasteiger partial charge in [-0.15, -0.1) is 0 Å². The Bertz CT molecular complexity index is 656. The van der Waals surface area contributed by atoms with Crippen LogP contribution in [0.15, 0.2) is 53.4 Å². The summed E-state index contributed by atoms with van der Waals surface area (Å²) in [6.45, 7) is 0. The summed E-state index contributed by atoms with van der Waals surface area (Å²) in [5.74, 6) is 0. The summed E-state index contributed by atoms with van der Waals surface area (Å²) >= 11 is 5.80. The molecule has 4 nitrogen and oxygen atoms in total. The first kappa shape index (κ1) is 12.9. The lowest BCUT2D eigenvalue weighted by molar-refractivity contribution is 0.483. The van der Waals surface area contributed by atoms with E-state index in [4.69, 9.17) is 16.2 Å². The van der Waals surface area contributed by atoms with E-state index in [0.717, 1.165) is 5.69 Å². The zero-order valence-electron chi connectivity index (χ0n) is 9.17. The fourth-order valence-corrected chi connectivity index (χ4v) is 2.49. The van der Waals surface area contributed by atoms with E-state index in [2.05, 4.69) is 5.32 Å². The van der Waals surface area contributed by atoms with E-state index in [-0.39, 0.29) is 9.92 Å². The molecular formula is C12H10ClNO3S. The van der Waals surface area contributed by atoms with Gasteiger partial charge in [-0.05, 0) is 30.3 Å². The fourth-order valence-electron chi connectivity index (χ4n) is 1.48. The molecule has 2 aromatic rings. The molecule has 2 N–H and O–H groups in total. The summed E-state index contributed by atoms with van der Waals surface area (Å²) in [7, 11) is -4.28.